The van der Waals surface area contributed by atoms with E-state index < -0.39 is 0 Å². The predicted octanol–water partition coefficient (Wildman–Crippen LogP) is 7.73. The summed E-state index contributed by atoms with van der Waals surface area (Å²) in [5.74, 6) is 1.67. The van der Waals surface area contributed by atoms with Gasteiger partial charge in [-0.2, -0.15) is 4.57 Å². The molecule has 0 fully saturated rings. The number of H-pyrrole nitrogens is 1. The van der Waals surface area contributed by atoms with Gasteiger partial charge in [0.15, 0.2) is 11.0 Å². The summed E-state index contributed by atoms with van der Waals surface area (Å²) in [4.78, 5) is 3.76. The average Bonchev–Trinajstić information content (AvgIpc) is 3.36. The summed E-state index contributed by atoms with van der Waals surface area (Å²) in [6.07, 6.45) is 1.03. The molecular weight excluding hydrogens is 412 g/mol. The molecular formula is C32H31N2+. The Bertz CT molecular complexity index is 1560. The number of hydrogen-bond donors (Lipinski definition) is 1. The minimum atomic E-state index is 0.534. The summed E-state index contributed by atoms with van der Waals surface area (Å²) in [6, 6.07) is 27.0. The lowest BCUT2D eigenvalue weighted by atomic mass is 9.94. The fraction of sp³-hybridized carbons (Fsp3) is 0.219. The zero-order chi connectivity index (χ0) is 23.6. The van der Waals surface area contributed by atoms with Crippen LogP contribution in [0, 0.1) is 20.8 Å². The molecule has 168 valence electrons. The number of fused-ring (bicyclic) bond motifs is 4. The van der Waals surface area contributed by atoms with Crippen LogP contribution >= 0.6 is 0 Å². The molecule has 0 radical (unpaired) electrons. The van der Waals surface area contributed by atoms with Crippen molar-refractivity contribution in [3.63, 3.8) is 0 Å². The Labute approximate surface area is 201 Å². The number of aromatic nitrogens is 2. The molecule has 6 rings (SSSR count). The molecule has 0 atom stereocenters. The maximum absolute atomic E-state index is 3.76. The predicted molar refractivity (Wildman–Crippen MR) is 142 cm³/mol. The molecule has 2 heteroatoms. The Kier molecular flexibility index (Phi) is 4.74. The quantitative estimate of drug-likeness (QED) is 0.270. The van der Waals surface area contributed by atoms with Gasteiger partial charge in [0.1, 0.15) is 5.69 Å². The fourth-order valence-corrected chi connectivity index (χ4v) is 5.95. The normalized spacial score (nSPS) is 12.4. The van der Waals surface area contributed by atoms with Gasteiger partial charge in [-0.15, -0.1) is 0 Å². The van der Waals surface area contributed by atoms with Crippen molar-refractivity contribution in [2.24, 2.45) is 0 Å². The van der Waals surface area contributed by atoms with Crippen molar-refractivity contribution >= 4 is 11.0 Å². The van der Waals surface area contributed by atoms with E-state index in [0.717, 1.165) is 17.8 Å². The van der Waals surface area contributed by atoms with Crippen LogP contribution in [0.15, 0.2) is 72.8 Å². The van der Waals surface area contributed by atoms with Gasteiger partial charge in [-0.3, -0.25) is 0 Å². The number of nitrogens with zero attached hydrogens (tertiary/aromatic N) is 1. The van der Waals surface area contributed by atoms with Crippen LogP contribution in [0.3, 0.4) is 0 Å². The van der Waals surface area contributed by atoms with Gasteiger partial charge >= 0.3 is 0 Å². The van der Waals surface area contributed by atoms with E-state index >= 15 is 0 Å². The molecule has 0 amide bonds. The van der Waals surface area contributed by atoms with Gasteiger partial charge in [-0.25, -0.2) is 4.98 Å². The first-order valence-corrected chi connectivity index (χ1v) is 12.3. The third-order valence-corrected chi connectivity index (χ3v) is 7.36. The number of hydrogen-bond acceptors (Lipinski definition) is 0. The molecule has 0 saturated heterocycles. The van der Waals surface area contributed by atoms with Gasteiger partial charge < -0.3 is 0 Å². The molecule has 1 aromatic heterocycles. The maximum Gasteiger partial charge on any atom is 0.292 e. The van der Waals surface area contributed by atoms with E-state index in [1.807, 2.05) is 0 Å². The number of aryl methyl sites for hydroxylation is 3. The van der Waals surface area contributed by atoms with Crippen molar-refractivity contribution in [1.82, 2.24) is 4.98 Å². The minimum Gasteiger partial charge on any atom is -0.236 e. The molecule has 5 aromatic rings. The van der Waals surface area contributed by atoms with Crippen LogP contribution in [0.2, 0.25) is 0 Å². The first kappa shape index (κ1) is 20.9. The van der Waals surface area contributed by atoms with Crippen molar-refractivity contribution in [1.29, 1.82) is 0 Å². The largest absolute Gasteiger partial charge is 0.292 e. The number of nitrogens with one attached hydrogen (secondary N) is 1. The maximum atomic E-state index is 3.76. The lowest BCUT2D eigenvalue weighted by Crippen LogP contribution is -2.34. The summed E-state index contributed by atoms with van der Waals surface area (Å²) in [7, 11) is 0. The molecule has 0 unspecified atom stereocenters. The summed E-state index contributed by atoms with van der Waals surface area (Å²) in [6.45, 7) is 11.2. The fourth-order valence-electron chi connectivity index (χ4n) is 5.95. The summed E-state index contributed by atoms with van der Waals surface area (Å²) in [5, 5.41) is 0. The lowest BCUT2D eigenvalue weighted by Gasteiger charge is -2.12. The highest BCUT2D eigenvalue weighted by molar-refractivity contribution is 5.83. The highest BCUT2D eigenvalue weighted by atomic mass is 15.1. The Morgan fingerprint density at radius 1 is 0.794 bits per heavy atom. The van der Waals surface area contributed by atoms with Crippen molar-refractivity contribution in [2.45, 2.75) is 47.0 Å². The van der Waals surface area contributed by atoms with Gasteiger partial charge in [0.05, 0.1) is 5.56 Å². The molecule has 1 heterocycles. The van der Waals surface area contributed by atoms with Crippen LogP contribution in [0.4, 0.5) is 0 Å². The molecule has 1 N–H and O–H groups in total. The lowest BCUT2D eigenvalue weighted by molar-refractivity contribution is -0.555. The summed E-state index contributed by atoms with van der Waals surface area (Å²) in [5.41, 5.74) is 15.9. The van der Waals surface area contributed by atoms with E-state index in [9.17, 15) is 0 Å². The van der Waals surface area contributed by atoms with E-state index in [-0.39, 0.29) is 0 Å². The van der Waals surface area contributed by atoms with Crippen molar-refractivity contribution in [2.75, 3.05) is 0 Å². The van der Waals surface area contributed by atoms with Crippen LogP contribution in [-0.2, 0) is 6.42 Å². The number of benzene rings is 4. The second kappa shape index (κ2) is 7.70. The number of aromatic amines is 1. The van der Waals surface area contributed by atoms with Gasteiger partial charge in [0, 0.05) is 0 Å². The smallest absolute Gasteiger partial charge is 0.236 e. The molecule has 4 aromatic carbocycles. The summed E-state index contributed by atoms with van der Waals surface area (Å²) < 4.78 is 2.42. The Hall–Kier alpha value is -3.65. The number of imidazole rings is 1. The standard InChI is InChI=1S/C32H30N2/c1-19(2)25-9-8-10-26-27-18-24(14-13-23(27)17-28(25)26)32-33-29-11-6-7-12-30(29)34(32)31-21(4)15-20(3)16-22(31)5/h6-16,18-19H,17H2,1-5H3/p+1. The van der Waals surface area contributed by atoms with Crippen molar-refractivity contribution < 1.29 is 4.57 Å². The van der Waals surface area contributed by atoms with E-state index in [0.29, 0.717) is 5.92 Å². The molecule has 34 heavy (non-hydrogen) atoms. The van der Waals surface area contributed by atoms with Crippen molar-refractivity contribution in [3.8, 4) is 28.2 Å². The Morgan fingerprint density at radius 3 is 2.32 bits per heavy atom. The van der Waals surface area contributed by atoms with Gasteiger partial charge in [-0.05, 0) is 96.3 Å². The molecule has 2 nitrogen and oxygen atoms in total. The molecule has 0 spiro atoms. The third-order valence-electron chi connectivity index (χ3n) is 7.36. The monoisotopic (exact) mass is 443 g/mol. The first-order valence-electron chi connectivity index (χ1n) is 12.3. The van der Waals surface area contributed by atoms with Gasteiger partial charge in [0.2, 0.25) is 0 Å². The molecule has 0 saturated carbocycles. The van der Waals surface area contributed by atoms with Gasteiger partial charge in [0.25, 0.3) is 5.82 Å². The molecule has 0 bridgehead atoms. The molecule has 1 aliphatic carbocycles. The zero-order valence-corrected chi connectivity index (χ0v) is 20.7. The topological polar surface area (TPSA) is 19.7 Å². The molecule has 1 aliphatic rings. The number of para-hydroxylation sites is 2. The van der Waals surface area contributed by atoms with E-state index in [1.165, 1.54) is 61.3 Å². The second-order valence-electron chi connectivity index (χ2n) is 10.2. The zero-order valence-electron chi connectivity index (χ0n) is 20.7. The van der Waals surface area contributed by atoms with E-state index in [2.05, 4.69) is 117 Å². The van der Waals surface area contributed by atoms with E-state index in [4.69, 9.17) is 0 Å². The number of rotatable bonds is 3. The highest BCUT2D eigenvalue weighted by Crippen LogP contribution is 2.42. The SMILES string of the molecule is Cc1cc(C)c(-[n+]2c(-c3ccc4c(c3)-c3cccc(C(C)C)c3C4)[nH]c3ccccc32)c(C)c1. The third kappa shape index (κ3) is 3.13. The van der Waals surface area contributed by atoms with Gasteiger partial charge in [-0.1, -0.05) is 67.9 Å². The minimum absolute atomic E-state index is 0.534. The van der Waals surface area contributed by atoms with E-state index in [1.54, 1.807) is 0 Å². The van der Waals surface area contributed by atoms with Crippen LogP contribution in [0.1, 0.15) is 53.1 Å². The Balaban J connectivity index is 1.60. The van der Waals surface area contributed by atoms with Crippen LogP contribution in [-0.4, -0.2) is 4.98 Å². The average molecular weight is 444 g/mol. The Morgan fingerprint density at radius 2 is 1.56 bits per heavy atom. The van der Waals surface area contributed by atoms with Crippen LogP contribution < -0.4 is 4.57 Å². The second-order valence-corrected chi connectivity index (χ2v) is 10.2. The van der Waals surface area contributed by atoms with Crippen LogP contribution in [0.25, 0.3) is 39.2 Å². The molecule has 0 aliphatic heterocycles. The van der Waals surface area contributed by atoms with Crippen molar-refractivity contribution in [3.05, 3.63) is 106 Å². The van der Waals surface area contributed by atoms with Crippen LogP contribution in [0.5, 0.6) is 0 Å². The highest BCUT2D eigenvalue weighted by Gasteiger charge is 2.27. The first-order chi connectivity index (χ1) is 16.4. The summed E-state index contributed by atoms with van der Waals surface area (Å²) >= 11 is 0.